The second kappa shape index (κ2) is 2.64. The molecule has 56 valence electrons. The summed E-state index contributed by atoms with van der Waals surface area (Å²) >= 11 is 0. The Labute approximate surface area is 59.4 Å². The van der Waals surface area contributed by atoms with Gasteiger partial charge in [-0.25, -0.2) is 0 Å². The van der Waals surface area contributed by atoms with Gasteiger partial charge in [0.05, 0.1) is 0 Å². The lowest BCUT2D eigenvalue weighted by atomic mass is 10.2. The Balaban J connectivity index is 2.90. The molecule has 0 amide bonds. The quantitative estimate of drug-likeness (QED) is 0.628. The van der Waals surface area contributed by atoms with Crippen LogP contribution in [0, 0.1) is 0 Å². The molecule has 0 fully saturated rings. The molecule has 0 aliphatic rings. The van der Waals surface area contributed by atoms with Crippen molar-refractivity contribution in [2.45, 2.75) is 19.8 Å². The van der Waals surface area contributed by atoms with Crippen LogP contribution >= 0.6 is 0 Å². The van der Waals surface area contributed by atoms with Crippen LogP contribution in [0.3, 0.4) is 0 Å². The van der Waals surface area contributed by atoms with E-state index in [-0.39, 0.29) is 0 Å². The molecule has 0 spiro atoms. The minimum atomic E-state index is 0.349. The highest BCUT2D eigenvalue weighted by Gasteiger charge is 2.07. The zero-order valence-electron chi connectivity index (χ0n) is 6.37. The Hall–Kier alpha value is -1.13. The molecule has 0 atom stereocenters. The molecule has 1 N–H and O–H groups in total. The van der Waals surface area contributed by atoms with E-state index in [2.05, 4.69) is 21.0 Å². The molecule has 0 unspecified atom stereocenters. The van der Waals surface area contributed by atoms with Gasteiger partial charge in [0.1, 0.15) is 0 Å². The third-order valence-corrected chi connectivity index (χ3v) is 1.22. The van der Waals surface area contributed by atoms with E-state index in [0.29, 0.717) is 5.92 Å². The molecule has 0 saturated heterocycles. The van der Waals surface area contributed by atoms with E-state index in [0.717, 1.165) is 5.82 Å². The number of tetrazole rings is 1. The molecule has 5 nitrogen and oxygen atoms in total. The lowest BCUT2D eigenvalue weighted by Crippen LogP contribution is -2.15. The van der Waals surface area contributed by atoms with Gasteiger partial charge in [-0.1, -0.05) is 13.8 Å². The summed E-state index contributed by atoms with van der Waals surface area (Å²) in [5.41, 5.74) is 2.84. The maximum atomic E-state index is 3.83. The number of nitrogens with zero attached hydrogens (tertiary/aromatic N) is 4. The Morgan fingerprint density at radius 1 is 1.50 bits per heavy atom. The van der Waals surface area contributed by atoms with Crippen LogP contribution < -0.4 is 5.43 Å². The van der Waals surface area contributed by atoms with Crippen molar-refractivity contribution in [3.63, 3.8) is 0 Å². The van der Waals surface area contributed by atoms with Crippen molar-refractivity contribution in [1.29, 1.82) is 0 Å². The van der Waals surface area contributed by atoms with Crippen LogP contribution in [0.4, 0.5) is 0 Å². The number of hydrogen-bond acceptors (Lipinski definition) is 4. The highest BCUT2D eigenvalue weighted by molar-refractivity contribution is 4.89. The highest BCUT2D eigenvalue weighted by Crippen LogP contribution is 2.06. The maximum Gasteiger partial charge on any atom is 0.176 e. The van der Waals surface area contributed by atoms with Crippen LogP contribution in [0.5, 0.6) is 0 Å². The number of hydrogen-bond donors (Lipinski definition) is 1. The van der Waals surface area contributed by atoms with Crippen molar-refractivity contribution in [3.8, 4) is 0 Å². The maximum absolute atomic E-state index is 3.83. The zero-order valence-corrected chi connectivity index (χ0v) is 6.37. The topological polar surface area (TPSA) is 55.6 Å². The third-order valence-electron chi connectivity index (χ3n) is 1.22. The summed E-state index contributed by atoms with van der Waals surface area (Å²) in [4.78, 5) is 1.56. The molecule has 10 heavy (non-hydrogen) atoms. The largest absolute Gasteiger partial charge is 0.310 e. The summed E-state index contributed by atoms with van der Waals surface area (Å²) in [5, 5.41) is 11.0. The van der Waals surface area contributed by atoms with Crippen LogP contribution in [0.25, 0.3) is 0 Å². The van der Waals surface area contributed by atoms with Gasteiger partial charge in [-0.05, 0) is 10.4 Å². The second-order valence-electron chi connectivity index (χ2n) is 2.33. The average molecular weight is 141 g/mol. The number of rotatable bonds is 2. The van der Waals surface area contributed by atoms with Crippen LogP contribution in [-0.4, -0.2) is 27.4 Å². The summed E-state index contributed by atoms with van der Waals surface area (Å²) in [6, 6.07) is 0. The van der Waals surface area contributed by atoms with Crippen LogP contribution in [0.15, 0.2) is 0 Å². The molecule has 1 aromatic heterocycles. The summed E-state index contributed by atoms with van der Waals surface area (Å²) in [6.45, 7) is 4.08. The first-order valence-corrected chi connectivity index (χ1v) is 3.21. The fourth-order valence-corrected chi connectivity index (χ4v) is 0.713. The third kappa shape index (κ3) is 1.07. The Bertz CT molecular complexity index is 204. The smallest absolute Gasteiger partial charge is 0.176 e. The summed E-state index contributed by atoms with van der Waals surface area (Å²) in [7, 11) is 1.78. The summed E-state index contributed by atoms with van der Waals surface area (Å²) < 4.78 is 0. The van der Waals surface area contributed by atoms with Crippen molar-refractivity contribution >= 4 is 0 Å². The van der Waals surface area contributed by atoms with Gasteiger partial charge in [-0.3, -0.25) is 0 Å². The molecule has 0 radical (unpaired) electrons. The molecule has 5 heteroatoms. The van der Waals surface area contributed by atoms with E-state index in [4.69, 9.17) is 0 Å². The summed E-state index contributed by atoms with van der Waals surface area (Å²) in [6.07, 6.45) is 0. The fourth-order valence-electron chi connectivity index (χ4n) is 0.713. The van der Waals surface area contributed by atoms with Gasteiger partial charge in [0.15, 0.2) is 5.82 Å². The Morgan fingerprint density at radius 2 is 2.20 bits per heavy atom. The van der Waals surface area contributed by atoms with E-state index < -0.39 is 0 Å². The van der Waals surface area contributed by atoms with Gasteiger partial charge in [0.2, 0.25) is 0 Å². The lowest BCUT2D eigenvalue weighted by molar-refractivity contribution is 0.657. The van der Waals surface area contributed by atoms with Crippen LogP contribution in [-0.2, 0) is 0 Å². The van der Waals surface area contributed by atoms with Crippen molar-refractivity contribution in [3.05, 3.63) is 5.82 Å². The first-order chi connectivity index (χ1) is 4.75. The number of aromatic nitrogens is 4. The molecule has 0 aliphatic heterocycles. The standard InChI is InChI=1S/C5H11N5/c1-4(2)5-7-8-9-10(5)6-3/h4,6H,1-3H3. The van der Waals surface area contributed by atoms with E-state index in [1.807, 2.05) is 13.8 Å². The average Bonchev–Trinajstić information content (AvgIpc) is 2.33. The van der Waals surface area contributed by atoms with Crippen molar-refractivity contribution in [2.75, 3.05) is 12.5 Å². The molecule has 0 saturated carbocycles. The molecule has 0 bridgehead atoms. The molecule has 0 aromatic carbocycles. The van der Waals surface area contributed by atoms with E-state index in [9.17, 15) is 0 Å². The molecular weight excluding hydrogens is 130 g/mol. The van der Waals surface area contributed by atoms with Gasteiger partial charge >= 0.3 is 0 Å². The van der Waals surface area contributed by atoms with Crippen molar-refractivity contribution < 1.29 is 0 Å². The predicted octanol–water partition coefficient (Wildman–Crippen LogP) is -0.0302. The summed E-state index contributed by atoms with van der Waals surface area (Å²) in [5.74, 6) is 1.20. The normalized spacial score (nSPS) is 10.4. The van der Waals surface area contributed by atoms with E-state index >= 15 is 0 Å². The molecule has 0 aliphatic carbocycles. The number of nitrogens with one attached hydrogen (secondary N) is 1. The minimum Gasteiger partial charge on any atom is -0.310 e. The van der Waals surface area contributed by atoms with Gasteiger partial charge in [0, 0.05) is 13.0 Å². The van der Waals surface area contributed by atoms with Gasteiger partial charge in [0.25, 0.3) is 0 Å². The van der Waals surface area contributed by atoms with E-state index in [1.54, 1.807) is 11.8 Å². The molecular formula is C5H11N5. The SMILES string of the molecule is CNn1nnnc1C(C)C. The lowest BCUT2D eigenvalue weighted by Gasteiger charge is -2.03. The van der Waals surface area contributed by atoms with E-state index in [1.165, 1.54) is 0 Å². The molecule has 1 rings (SSSR count). The predicted molar refractivity (Wildman–Crippen MR) is 37.2 cm³/mol. The van der Waals surface area contributed by atoms with Gasteiger partial charge < -0.3 is 5.43 Å². The first kappa shape index (κ1) is 6.98. The Kier molecular flexibility index (Phi) is 1.84. The monoisotopic (exact) mass is 141 g/mol. The Morgan fingerprint density at radius 3 is 2.60 bits per heavy atom. The van der Waals surface area contributed by atoms with Gasteiger partial charge in [-0.2, -0.15) is 0 Å². The van der Waals surface area contributed by atoms with Gasteiger partial charge in [-0.15, -0.1) is 9.89 Å². The fraction of sp³-hybridized carbons (Fsp3) is 0.800. The van der Waals surface area contributed by atoms with Crippen molar-refractivity contribution in [1.82, 2.24) is 20.3 Å². The van der Waals surface area contributed by atoms with Crippen molar-refractivity contribution in [2.24, 2.45) is 0 Å². The van der Waals surface area contributed by atoms with Crippen LogP contribution in [0.2, 0.25) is 0 Å². The highest BCUT2D eigenvalue weighted by atomic mass is 15.7. The zero-order chi connectivity index (χ0) is 7.56. The molecule has 1 aromatic rings. The first-order valence-electron chi connectivity index (χ1n) is 3.21. The minimum absolute atomic E-state index is 0.349. The van der Waals surface area contributed by atoms with Crippen LogP contribution in [0.1, 0.15) is 25.6 Å². The molecule has 1 heterocycles. The second-order valence-corrected chi connectivity index (χ2v) is 2.33.